The van der Waals surface area contributed by atoms with Gasteiger partial charge in [-0.05, 0) is 36.5 Å². The molecule has 17 heavy (non-hydrogen) atoms. The molecule has 0 bridgehead atoms. The van der Waals surface area contributed by atoms with Crippen molar-refractivity contribution in [3.8, 4) is 0 Å². The number of pyridine rings is 1. The summed E-state index contributed by atoms with van der Waals surface area (Å²) in [7, 11) is 0. The van der Waals surface area contributed by atoms with Gasteiger partial charge in [0.05, 0.1) is 0 Å². The van der Waals surface area contributed by atoms with Crippen molar-refractivity contribution in [2.45, 2.75) is 18.8 Å². The normalized spacial score (nSPS) is 15.1. The summed E-state index contributed by atoms with van der Waals surface area (Å²) in [6, 6.07) is 4.73. The van der Waals surface area contributed by atoms with E-state index in [1.165, 1.54) is 4.40 Å². The second-order valence-electron chi connectivity index (χ2n) is 4.25. The Labute approximate surface area is 96.4 Å². The van der Waals surface area contributed by atoms with Crippen LogP contribution in [0.1, 0.15) is 34.8 Å². The number of nitrogens with zero attached hydrogens (tertiary/aromatic N) is 2. The lowest BCUT2D eigenvalue weighted by molar-refractivity contribution is 0.0690. The van der Waals surface area contributed by atoms with E-state index in [1.54, 1.807) is 12.3 Å². The van der Waals surface area contributed by atoms with Gasteiger partial charge < -0.3 is 5.11 Å². The van der Waals surface area contributed by atoms with Crippen molar-refractivity contribution in [3.63, 3.8) is 0 Å². The third-order valence-electron chi connectivity index (χ3n) is 2.96. The quantitative estimate of drug-likeness (QED) is 0.843. The molecule has 1 saturated carbocycles. The van der Waals surface area contributed by atoms with Gasteiger partial charge in [-0.2, -0.15) is 0 Å². The number of aromatic carboxylic acids is 1. The van der Waals surface area contributed by atoms with Crippen LogP contribution < -0.4 is 5.56 Å². The predicted octanol–water partition coefficient (Wildman–Crippen LogP) is 1.27. The molecule has 1 aliphatic rings. The number of hydrogen-bond donors (Lipinski definition) is 1. The zero-order chi connectivity index (χ0) is 12.0. The van der Waals surface area contributed by atoms with Crippen LogP contribution in [0.4, 0.5) is 0 Å². The Kier molecular flexibility index (Phi) is 2.01. The van der Waals surface area contributed by atoms with Crippen molar-refractivity contribution >= 4 is 11.6 Å². The molecule has 2 aromatic rings. The summed E-state index contributed by atoms with van der Waals surface area (Å²) < 4.78 is 1.36. The van der Waals surface area contributed by atoms with Crippen LogP contribution in [-0.2, 0) is 0 Å². The van der Waals surface area contributed by atoms with Gasteiger partial charge in [-0.25, -0.2) is 9.78 Å². The molecule has 2 aromatic heterocycles. The van der Waals surface area contributed by atoms with Crippen LogP contribution in [0, 0.1) is 0 Å². The number of aromatic nitrogens is 2. The average molecular weight is 230 g/mol. The molecule has 5 nitrogen and oxygen atoms in total. The summed E-state index contributed by atoms with van der Waals surface area (Å²) in [5.74, 6) is -0.633. The van der Waals surface area contributed by atoms with Crippen molar-refractivity contribution in [1.82, 2.24) is 9.38 Å². The van der Waals surface area contributed by atoms with E-state index in [4.69, 9.17) is 5.11 Å². The van der Waals surface area contributed by atoms with Crippen LogP contribution in [0.25, 0.3) is 5.65 Å². The van der Waals surface area contributed by atoms with Crippen LogP contribution in [0.2, 0.25) is 0 Å². The molecule has 1 aliphatic carbocycles. The first-order valence-corrected chi connectivity index (χ1v) is 5.42. The Balaban J connectivity index is 2.25. The van der Waals surface area contributed by atoms with Gasteiger partial charge in [-0.1, -0.05) is 0 Å². The highest BCUT2D eigenvalue weighted by molar-refractivity contribution is 5.85. The van der Waals surface area contributed by atoms with E-state index in [1.807, 2.05) is 6.07 Å². The molecule has 5 heteroatoms. The molecular weight excluding hydrogens is 220 g/mol. The first kappa shape index (κ1) is 10.0. The third-order valence-corrected chi connectivity index (χ3v) is 2.96. The summed E-state index contributed by atoms with van der Waals surface area (Å²) in [6.07, 6.45) is 3.96. The Morgan fingerprint density at radius 1 is 1.41 bits per heavy atom. The Morgan fingerprint density at radius 2 is 2.18 bits per heavy atom. The molecule has 3 rings (SSSR count). The largest absolute Gasteiger partial charge is 0.477 e. The van der Waals surface area contributed by atoms with E-state index in [9.17, 15) is 9.59 Å². The van der Waals surface area contributed by atoms with Crippen molar-refractivity contribution < 1.29 is 9.90 Å². The van der Waals surface area contributed by atoms with Crippen LogP contribution in [0.3, 0.4) is 0 Å². The molecule has 0 aromatic carbocycles. The molecule has 0 amide bonds. The van der Waals surface area contributed by atoms with Crippen molar-refractivity contribution in [2.24, 2.45) is 0 Å². The lowest BCUT2D eigenvalue weighted by Crippen LogP contribution is -2.17. The fourth-order valence-corrected chi connectivity index (χ4v) is 1.90. The zero-order valence-electron chi connectivity index (χ0n) is 8.96. The highest BCUT2D eigenvalue weighted by atomic mass is 16.4. The lowest BCUT2D eigenvalue weighted by Gasteiger charge is -2.03. The Morgan fingerprint density at radius 3 is 2.82 bits per heavy atom. The van der Waals surface area contributed by atoms with Crippen molar-refractivity contribution in [1.29, 1.82) is 0 Å². The molecule has 2 heterocycles. The Hall–Kier alpha value is -2.17. The summed E-state index contributed by atoms with van der Waals surface area (Å²) in [5.41, 5.74) is 0.955. The molecule has 0 saturated heterocycles. The fourth-order valence-electron chi connectivity index (χ4n) is 1.90. The molecule has 86 valence electrons. The number of carboxylic acids is 1. The van der Waals surface area contributed by atoms with Crippen molar-refractivity contribution in [2.75, 3.05) is 0 Å². The highest BCUT2D eigenvalue weighted by Crippen LogP contribution is 2.39. The highest BCUT2D eigenvalue weighted by Gasteiger charge is 2.23. The molecule has 1 fully saturated rings. The monoisotopic (exact) mass is 230 g/mol. The van der Waals surface area contributed by atoms with Gasteiger partial charge in [0.2, 0.25) is 0 Å². The molecule has 1 N–H and O–H groups in total. The minimum absolute atomic E-state index is 0.206. The van der Waals surface area contributed by atoms with E-state index in [2.05, 4.69) is 4.98 Å². The predicted molar refractivity (Wildman–Crippen MR) is 60.4 cm³/mol. The summed E-state index contributed by atoms with van der Waals surface area (Å²) in [5, 5.41) is 8.85. The first-order valence-electron chi connectivity index (χ1n) is 5.42. The van der Waals surface area contributed by atoms with Gasteiger partial charge in [-0.15, -0.1) is 0 Å². The SMILES string of the molecule is O=C(O)c1cc(=O)n2ccc(C3CC3)cc2n1. The first-order chi connectivity index (χ1) is 8.15. The summed E-state index contributed by atoms with van der Waals surface area (Å²) in [6.45, 7) is 0. The van der Waals surface area contributed by atoms with E-state index in [0.717, 1.165) is 24.5 Å². The molecule has 0 unspecified atom stereocenters. The molecule has 0 spiro atoms. The Bertz CT molecular complexity index is 671. The topological polar surface area (TPSA) is 71.7 Å². The molecular formula is C12H10N2O3. The van der Waals surface area contributed by atoms with Gasteiger partial charge in [0.15, 0.2) is 5.69 Å². The fraction of sp³-hybridized carbons (Fsp3) is 0.250. The summed E-state index contributed by atoms with van der Waals surface area (Å²) >= 11 is 0. The average Bonchev–Trinajstić information content (AvgIpc) is 3.11. The minimum Gasteiger partial charge on any atom is -0.477 e. The van der Waals surface area contributed by atoms with Gasteiger partial charge in [0.1, 0.15) is 5.65 Å². The van der Waals surface area contributed by atoms with Gasteiger partial charge in [0.25, 0.3) is 5.56 Å². The van der Waals surface area contributed by atoms with E-state index < -0.39 is 5.97 Å². The second kappa shape index (κ2) is 3.41. The third kappa shape index (κ3) is 1.69. The zero-order valence-corrected chi connectivity index (χ0v) is 8.96. The maximum Gasteiger partial charge on any atom is 0.354 e. The van der Waals surface area contributed by atoms with Gasteiger partial charge >= 0.3 is 5.97 Å². The van der Waals surface area contributed by atoms with Crippen molar-refractivity contribution in [3.05, 3.63) is 46.0 Å². The van der Waals surface area contributed by atoms with E-state index in [0.29, 0.717) is 11.6 Å². The smallest absolute Gasteiger partial charge is 0.354 e. The second-order valence-corrected chi connectivity index (χ2v) is 4.25. The van der Waals surface area contributed by atoms with Gasteiger partial charge in [-0.3, -0.25) is 9.20 Å². The van der Waals surface area contributed by atoms with Crippen LogP contribution >= 0.6 is 0 Å². The summed E-state index contributed by atoms with van der Waals surface area (Å²) in [4.78, 5) is 26.4. The minimum atomic E-state index is -1.18. The maximum atomic E-state index is 11.7. The van der Waals surface area contributed by atoms with Crippen LogP contribution in [-0.4, -0.2) is 20.5 Å². The van der Waals surface area contributed by atoms with Gasteiger partial charge in [0, 0.05) is 12.3 Å². The molecule has 0 radical (unpaired) electrons. The number of carboxylic acid groups (broad SMARTS) is 1. The molecule has 0 aliphatic heterocycles. The number of fused-ring (bicyclic) bond motifs is 1. The van der Waals surface area contributed by atoms with Crippen LogP contribution in [0.15, 0.2) is 29.2 Å². The maximum absolute atomic E-state index is 11.7. The molecule has 0 atom stereocenters. The van der Waals surface area contributed by atoms with Crippen LogP contribution in [0.5, 0.6) is 0 Å². The number of carbonyl (C=O) groups is 1. The number of hydrogen-bond acceptors (Lipinski definition) is 3. The lowest BCUT2D eigenvalue weighted by atomic mass is 10.2. The van der Waals surface area contributed by atoms with E-state index in [-0.39, 0.29) is 11.3 Å². The standard InChI is InChI=1S/C12H10N2O3/c15-11-6-9(12(16)17)13-10-5-8(7-1-2-7)3-4-14(10)11/h3-7H,1-2H2,(H,16,17). The number of rotatable bonds is 2. The van der Waals surface area contributed by atoms with E-state index >= 15 is 0 Å².